The van der Waals surface area contributed by atoms with Crippen LogP contribution in [-0.2, 0) is 38.0 Å². The molecule has 0 N–H and O–H groups in total. The van der Waals surface area contributed by atoms with Gasteiger partial charge in [0.1, 0.15) is 37.9 Å². The zero-order valence-electron chi connectivity index (χ0n) is 25.6. The Morgan fingerprint density at radius 2 is 0.864 bits per heavy atom. The molecule has 0 saturated carbocycles. The number of fused-ring (bicyclic) bond motifs is 2. The van der Waals surface area contributed by atoms with Crippen molar-refractivity contribution in [1.82, 2.24) is 0 Å². The molecule has 0 fully saturated rings. The van der Waals surface area contributed by atoms with Gasteiger partial charge in [0.25, 0.3) is 0 Å². The lowest BCUT2D eigenvalue weighted by molar-refractivity contribution is -0.141. The highest BCUT2D eigenvalue weighted by Crippen LogP contribution is 2.36. The zero-order valence-corrected chi connectivity index (χ0v) is 25.6. The van der Waals surface area contributed by atoms with Gasteiger partial charge >= 0.3 is 11.9 Å². The summed E-state index contributed by atoms with van der Waals surface area (Å²) in [7, 11) is 0. The van der Waals surface area contributed by atoms with Crippen molar-refractivity contribution in [2.24, 2.45) is 0 Å². The number of hydrogen-bond acceptors (Lipinski definition) is 10. The van der Waals surface area contributed by atoms with E-state index in [1.165, 1.54) is 0 Å². The average Bonchev–Trinajstić information content (AvgIpc) is 3.02. The Morgan fingerprint density at radius 3 is 1.23 bits per heavy atom. The molecule has 3 aromatic carbocycles. The molecule has 10 heteroatoms. The van der Waals surface area contributed by atoms with E-state index in [4.69, 9.17) is 37.9 Å². The van der Waals surface area contributed by atoms with Gasteiger partial charge in [-0.15, -0.1) is 0 Å². The molecular formula is C34H42O10. The van der Waals surface area contributed by atoms with Gasteiger partial charge in [0, 0.05) is 21.9 Å². The fourth-order valence-corrected chi connectivity index (χ4v) is 3.93. The van der Waals surface area contributed by atoms with Gasteiger partial charge < -0.3 is 37.9 Å². The Kier molecular flexibility index (Phi) is 15.2. The first kappa shape index (κ1) is 34.5. The number of hydrogen-bond donors (Lipinski definition) is 0. The van der Waals surface area contributed by atoms with E-state index in [1.54, 1.807) is 13.8 Å². The monoisotopic (exact) mass is 610 g/mol. The molecule has 0 unspecified atom stereocenters. The van der Waals surface area contributed by atoms with Gasteiger partial charge in [0.2, 0.25) is 0 Å². The fraction of sp³-hybridized carbons (Fsp3) is 0.412. The second kappa shape index (κ2) is 19.3. The quantitative estimate of drug-likeness (QED) is 0.0663. The lowest BCUT2D eigenvalue weighted by Crippen LogP contribution is -2.14. The van der Waals surface area contributed by atoms with Crippen molar-refractivity contribution in [3.8, 4) is 11.5 Å². The van der Waals surface area contributed by atoms with Crippen LogP contribution in [0.4, 0.5) is 0 Å². The minimum Gasteiger partial charge on any atom is -0.491 e. The third kappa shape index (κ3) is 12.0. The van der Waals surface area contributed by atoms with E-state index in [1.807, 2.05) is 24.3 Å². The van der Waals surface area contributed by atoms with Crippen LogP contribution in [0.2, 0.25) is 0 Å². The van der Waals surface area contributed by atoms with Gasteiger partial charge in [-0.3, -0.25) is 0 Å². The lowest BCUT2D eigenvalue weighted by atomic mass is 10.0. The normalized spacial score (nSPS) is 11.0. The summed E-state index contributed by atoms with van der Waals surface area (Å²) in [6.45, 7) is 14.3. The number of esters is 2. The standard InChI is InChI=1S/C34H42O10/c1-25(2)33(35)43-21-17-39-13-11-37-15-19-41-31-9-10-32(30-24-28-8-6-5-7-27(28)23-29(30)31)42-20-16-38-12-14-40-18-22-44-34(36)26(3)4/h5-10,23-24H,1,3,11-22H2,2,4H3. The van der Waals surface area contributed by atoms with Crippen molar-refractivity contribution < 1.29 is 47.5 Å². The number of ether oxygens (including phenoxy) is 8. The number of carbonyl (C=O) groups excluding carboxylic acids is 2. The van der Waals surface area contributed by atoms with Gasteiger partial charge in [0.05, 0.1) is 52.9 Å². The van der Waals surface area contributed by atoms with Crippen LogP contribution >= 0.6 is 0 Å². The Balaban J connectivity index is 1.41. The van der Waals surface area contributed by atoms with Gasteiger partial charge in [-0.2, -0.15) is 0 Å². The average molecular weight is 611 g/mol. The molecule has 0 atom stereocenters. The Hall–Kier alpha value is -3.96. The molecule has 0 saturated heterocycles. The molecule has 0 spiro atoms. The molecule has 0 aliphatic heterocycles. The highest BCUT2D eigenvalue weighted by molar-refractivity contribution is 6.03. The molecule has 0 aliphatic rings. The van der Waals surface area contributed by atoms with Gasteiger partial charge in [0.15, 0.2) is 0 Å². The third-order valence-corrected chi connectivity index (χ3v) is 6.14. The van der Waals surface area contributed by atoms with Crippen molar-refractivity contribution >= 4 is 33.5 Å². The molecule has 0 heterocycles. The van der Waals surface area contributed by atoms with E-state index in [0.717, 1.165) is 33.0 Å². The van der Waals surface area contributed by atoms with Gasteiger partial charge in [-0.1, -0.05) is 37.4 Å². The maximum atomic E-state index is 11.3. The van der Waals surface area contributed by atoms with Crippen LogP contribution in [0.15, 0.2) is 72.8 Å². The van der Waals surface area contributed by atoms with Crippen molar-refractivity contribution in [2.45, 2.75) is 13.8 Å². The lowest BCUT2D eigenvalue weighted by Gasteiger charge is -2.15. The summed E-state index contributed by atoms with van der Waals surface area (Å²) < 4.78 is 44.2. The predicted octanol–water partition coefficient (Wildman–Crippen LogP) is 5.06. The summed E-state index contributed by atoms with van der Waals surface area (Å²) in [6, 6.07) is 16.1. The Morgan fingerprint density at radius 1 is 0.523 bits per heavy atom. The van der Waals surface area contributed by atoms with E-state index in [0.29, 0.717) is 77.2 Å². The molecule has 0 aromatic heterocycles. The molecule has 3 aromatic rings. The van der Waals surface area contributed by atoms with E-state index >= 15 is 0 Å². The molecule has 44 heavy (non-hydrogen) atoms. The van der Waals surface area contributed by atoms with E-state index in [9.17, 15) is 9.59 Å². The largest absolute Gasteiger partial charge is 0.491 e. The SMILES string of the molecule is C=C(C)C(=O)OCCOCCOCCOc1ccc(OCCOCCOCCOC(=O)C(=C)C)c2cc3ccccc3cc12. The topological polar surface area (TPSA) is 108 Å². The minimum absolute atomic E-state index is 0.177. The second-order valence-electron chi connectivity index (χ2n) is 9.79. The first-order valence-electron chi connectivity index (χ1n) is 14.5. The minimum atomic E-state index is -0.424. The summed E-state index contributed by atoms with van der Waals surface area (Å²) in [6.07, 6.45) is 0. The Bertz CT molecular complexity index is 1280. The molecule has 0 radical (unpaired) electrons. The molecule has 238 valence electrons. The fourth-order valence-electron chi connectivity index (χ4n) is 3.93. The third-order valence-electron chi connectivity index (χ3n) is 6.14. The predicted molar refractivity (Wildman–Crippen MR) is 167 cm³/mol. The summed E-state index contributed by atoms with van der Waals surface area (Å²) in [5, 5.41) is 4.08. The number of rotatable bonds is 22. The first-order valence-corrected chi connectivity index (χ1v) is 14.5. The van der Waals surface area contributed by atoms with E-state index in [2.05, 4.69) is 37.4 Å². The number of carbonyl (C=O) groups is 2. The maximum absolute atomic E-state index is 11.3. The highest BCUT2D eigenvalue weighted by atomic mass is 16.6. The molecule has 0 amide bonds. The van der Waals surface area contributed by atoms with Crippen molar-refractivity contribution in [1.29, 1.82) is 0 Å². The van der Waals surface area contributed by atoms with Crippen LogP contribution in [0.1, 0.15) is 13.8 Å². The maximum Gasteiger partial charge on any atom is 0.333 e. The van der Waals surface area contributed by atoms with Crippen molar-refractivity contribution in [3.63, 3.8) is 0 Å². The van der Waals surface area contributed by atoms with E-state index < -0.39 is 11.9 Å². The van der Waals surface area contributed by atoms with Crippen LogP contribution in [0.3, 0.4) is 0 Å². The summed E-state index contributed by atoms with van der Waals surface area (Å²) in [5.74, 6) is 0.623. The zero-order chi connectivity index (χ0) is 31.6. The summed E-state index contributed by atoms with van der Waals surface area (Å²) >= 11 is 0. The highest BCUT2D eigenvalue weighted by Gasteiger charge is 2.11. The molecular weight excluding hydrogens is 568 g/mol. The molecule has 3 rings (SSSR count). The molecule has 10 nitrogen and oxygen atoms in total. The van der Waals surface area contributed by atoms with Crippen LogP contribution < -0.4 is 9.47 Å². The molecule has 0 aliphatic carbocycles. The van der Waals surface area contributed by atoms with Gasteiger partial charge in [-0.25, -0.2) is 9.59 Å². The first-order chi connectivity index (χ1) is 21.4. The molecule has 0 bridgehead atoms. The van der Waals surface area contributed by atoms with E-state index in [-0.39, 0.29) is 13.2 Å². The second-order valence-corrected chi connectivity index (χ2v) is 9.79. The van der Waals surface area contributed by atoms with Crippen molar-refractivity contribution in [3.05, 3.63) is 72.8 Å². The Labute approximate surface area is 258 Å². The summed E-state index contributed by atoms with van der Waals surface area (Å²) in [5.41, 5.74) is 0.720. The van der Waals surface area contributed by atoms with Crippen molar-refractivity contribution in [2.75, 3.05) is 79.3 Å². The number of benzene rings is 3. The van der Waals surface area contributed by atoms with Crippen LogP contribution in [-0.4, -0.2) is 91.2 Å². The smallest absolute Gasteiger partial charge is 0.333 e. The van der Waals surface area contributed by atoms with Gasteiger partial charge in [-0.05, 0) is 48.9 Å². The van der Waals surface area contributed by atoms with Crippen LogP contribution in [0, 0.1) is 0 Å². The van der Waals surface area contributed by atoms with Crippen LogP contribution in [0.25, 0.3) is 21.5 Å². The van der Waals surface area contributed by atoms with Crippen LogP contribution in [0.5, 0.6) is 11.5 Å². The summed E-state index contributed by atoms with van der Waals surface area (Å²) in [4.78, 5) is 22.7.